The Morgan fingerprint density at radius 1 is 1.33 bits per heavy atom. The van der Waals surface area contributed by atoms with Crippen LogP contribution in [-0.2, 0) is 22.7 Å². The number of benzene rings is 1. The lowest BCUT2D eigenvalue weighted by Gasteiger charge is -2.29. The summed E-state index contributed by atoms with van der Waals surface area (Å²) in [5.74, 6) is 0.517. The molecule has 0 saturated carbocycles. The molecule has 1 unspecified atom stereocenters. The van der Waals surface area contributed by atoms with E-state index < -0.39 is 0 Å². The summed E-state index contributed by atoms with van der Waals surface area (Å²) in [6.07, 6.45) is 2.28. The Bertz CT molecular complexity index is 600. The Labute approximate surface area is 142 Å². The van der Waals surface area contributed by atoms with Crippen LogP contribution in [0.3, 0.4) is 0 Å². The number of ether oxygens (including phenoxy) is 2. The van der Waals surface area contributed by atoms with Crippen LogP contribution in [0.25, 0.3) is 0 Å². The number of nitrogens with one attached hydrogen (secondary N) is 1. The first-order valence-electron chi connectivity index (χ1n) is 8.60. The molecule has 1 amide bonds. The Balaban J connectivity index is 1.70. The monoisotopic (exact) mass is 336 g/mol. The first-order chi connectivity index (χ1) is 11.6. The summed E-state index contributed by atoms with van der Waals surface area (Å²) < 4.78 is 24.5. The molecule has 0 spiro atoms. The van der Waals surface area contributed by atoms with E-state index in [1.54, 1.807) is 0 Å². The van der Waals surface area contributed by atoms with Gasteiger partial charge in [-0.1, -0.05) is 13.8 Å². The highest BCUT2D eigenvalue weighted by Gasteiger charge is 2.30. The van der Waals surface area contributed by atoms with Gasteiger partial charge < -0.3 is 14.8 Å². The van der Waals surface area contributed by atoms with Crippen LogP contribution in [0, 0.1) is 11.7 Å². The third kappa shape index (κ3) is 3.70. The van der Waals surface area contributed by atoms with Crippen LogP contribution in [0.1, 0.15) is 37.8 Å². The molecule has 6 heteroatoms. The number of rotatable bonds is 5. The zero-order valence-corrected chi connectivity index (χ0v) is 14.3. The predicted octanol–water partition coefficient (Wildman–Crippen LogP) is 2.43. The summed E-state index contributed by atoms with van der Waals surface area (Å²) >= 11 is 0. The number of fused-ring (bicyclic) bond motifs is 1. The molecule has 1 fully saturated rings. The molecule has 0 aromatic heterocycles. The van der Waals surface area contributed by atoms with Gasteiger partial charge in [-0.05, 0) is 44.0 Å². The van der Waals surface area contributed by atoms with Crippen molar-refractivity contribution in [3.63, 3.8) is 0 Å². The molecule has 0 bridgehead atoms. The molecule has 1 N–H and O–H groups in total. The van der Waals surface area contributed by atoms with Crippen molar-refractivity contribution >= 4 is 5.91 Å². The van der Waals surface area contributed by atoms with Gasteiger partial charge in [0.05, 0.1) is 12.6 Å². The minimum Gasteiger partial charge on any atom is -0.467 e. The zero-order valence-electron chi connectivity index (χ0n) is 14.3. The van der Waals surface area contributed by atoms with Crippen LogP contribution < -0.4 is 10.1 Å². The summed E-state index contributed by atoms with van der Waals surface area (Å²) in [6, 6.07) is 2.70. The number of halogens is 1. The molecular weight excluding hydrogens is 311 g/mol. The second kappa shape index (κ2) is 7.49. The van der Waals surface area contributed by atoms with E-state index in [1.165, 1.54) is 12.1 Å². The number of carbonyl (C=O) groups is 1. The molecule has 2 aliphatic heterocycles. The van der Waals surface area contributed by atoms with Crippen molar-refractivity contribution in [1.29, 1.82) is 0 Å². The van der Waals surface area contributed by atoms with Crippen LogP contribution in [-0.4, -0.2) is 36.7 Å². The molecule has 1 aromatic rings. The standard InChI is InChI=1S/C18H25FN2O3/c1-12(2)16(21-5-3-4-6-21)18(22)20-9-13-7-15(19)8-14-10-23-11-24-17(13)14/h7-8,12,16H,3-6,9-11H2,1-2H3,(H,20,22). The summed E-state index contributed by atoms with van der Waals surface area (Å²) in [5, 5.41) is 2.97. The minimum atomic E-state index is -0.341. The van der Waals surface area contributed by atoms with Gasteiger partial charge >= 0.3 is 0 Å². The average molecular weight is 336 g/mol. The van der Waals surface area contributed by atoms with E-state index in [2.05, 4.69) is 24.1 Å². The van der Waals surface area contributed by atoms with E-state index in [0.717, 1.165) is 25.9 Å². The van der Waals surface area contributed by atoms with E-state index in [0.29, 0.717) is 23.5 Å². The molecule has 132 valence electrons. The summed E-state index contributed by atoms with van der Waals surface area (Å²) in [4.78, 5) is 14.9. The second-order valence-electron chi connectivity index (χ2n) is 6.81. The fourth-order valence-electron chi connectivity index (χ4n) is 3.58. The lowest BCUT2D eigenvalue weighted by molar-refractivity contribution is -0.127. The van der Waals surface area contributed by atoms with E-state index >= 15 is 0 Å². The molecule has 2 heterocycles. The highest BCUT2D eigenvalue weighted by Crippen LogP contribution is 2.29. The maximum absolute atomic E-state index is 13.8. The van der Waals surface area contributed by atoms with Gasteiger partial charge in [-0.25, -0.2) is 4.39 Å². The van der Waals surface area contributed by atoms with Gasteiger partial charge in [0, 0.05) is 17.7 Å². The zero-order chi connectivity index (χ0) is 17.1. The molecule has 5 nitrogen and oxygen atoms in total. The van der Waals surface area contributed by atoms with Gasteiger partial charge in [0.15, 0.2) is 6.79 Å². The molecule has 1 saturated heterocycles. The molecule has 0 radical (unpaired) electrons. The SMILES string of the molecule is CC(C)C(C(=O)NCc1cc(F)cc2c1OCOC2)N1CCCC1. The van der Waals surface area contributed by atoms with Crippen LogP contribution in [0.2, 0.25) is 0 Å². The molecule has 24 heavy (non-hydrogen) atoms. The fourth-order valence-corrected chi connectivity index (χ4v) is 3.58. The quantitative estimate of drug-likeness (QED) is 0.897. The normalized spacial score (nSPS) is 19.0. The lowest BCUT2D eigenvalue weighted by Crippen LogP contribution is -2.48. The summed E-state index contributed by atoms with van der Waals surface area (Å²) in [7, 11) is 0. The third-order valence-electron chi connectivity index (χ3n) is 4.64. The number of hydrogen-bond acceptors (Lipinski definition) is 4. The Kier molecular flexibility index (Phi) is 5.36. The van der Waals surface area contributed by atoms with Crippen LogP contribution >= 0.6 is 0 Å². The largest absolute Gasteiger partial charge is 0.467 e. The van der Waals surface area contributed by atoms with Crippen molar-refractivity contribution in [2.75, 3.05) is 19.9 Å². The average Bonchev–Trinajstić information content (AvgIpc) is 3.06. The molecule has 3 rings (SSSR count). The Morgan fingerprint density at radius 3 is 2.79 bits per heavy atom. The van der Waals surface area contributed by atoms with Crippen molar-refractivity contribution in [2.24, 2.45) is 5.92 Å². The van der Waals surface area contributed by atoms with Gasteiger partial charge in [-0.3, -0.25) is 9.69 Å². The number of carbonyl (C=O) groups excluding carboxylic acids is 1. The van der Waals surface area contributed by atoms with Crippen molar-refractivity contribution in [3.05, 3.63) is 29.1 Å². The molecule has 2 aliphatic rings. The molecule has 1 aromatic carbocycles. The highest BCUT2D eigenvalue weighted by molar-refractivity contribution is 5.82. The smallest absolute Gasteiger partial charge is 0.237 e. The van der Waals surface area contributed by atoms with E-state index in [-0.39, 0.29) is 37.0 Å². The highest BCUT2D eigenvalue weighted by atomic mass is 19.1. The molecule has 0 aliphatic carbocycles. The van der Waals surface area contributed by atoms with Crippen molar-refractivity contribution in [1.82, 2.24) is 10.2 Å². The number of likely N-dealkylation sites (tertiary alicyclic amines) is 1. The van der Waals surface area contributed by atoms with E-state index in [4.69, 9.17) is 9.47 Å². The Hall–Kier alpha value is -1.66. The van der Waals surface area contributed by atoms with Gasteiger partial charge in [-0.2, -0.15) is 0 Å². The number of nitrogens with zero attached hydrogens (tertiary/aromatic N) is 1. The third-order valence-corrected chi connectivity index (χ3v) is 4.64. The summed E-state index contributed by atoms with van der Waals surface area (Å²) in [5.41, 5.74) is 1.34. The van der Waals surface area contributed by atoms with Crippen molar-refractivity contribution < 1.29 is 18.7 Å². The Morgan fingerprint density at radius 2 is 2.08 bits per heavy atom. The predicted molar refractivity (Wildman–Crippen MR) is 88.0 cm³/mol. The second-order valence-corrected chi connectivity index (χ2v) is 6.81. The van der Waals surface area contributed by atoms with Crippen molar-refractivity contribution in [2.45, 2.75) is 45.9 Å². The first kappa shape index (κ1) is 17.2. The minimum absolute atomic E-state index is 0.00280. The summed E-state index contributed by atoms with van der Waals surface area (Å²) in [6.45, 7) is 6.80. The topological polar surface area (TPSA) is 50.8 Å². The van der Waals surface area contributed by atoms with Gasteiger partial charge in [0.1, 0.15) is 11.6 Å². The molecule has 1 atom stereocenters. The van der Waals surface area contributed by atoms with Crippen LogP contribution in [0.15, 0.2) is 12.1 Å². The van der Waals surface area contributed by atoms with E-state index in [1.807, 2.05) is 0 Å². The number of hydrogen-bond donors (Lipinski definition) is 1. The number of amides is 1. The first-order valence-corrected chi connectivity index (χ1v) is 8.60. The maximum atomic E-state index is 13.8. The van der Waals surface area contributed by atoms with Gasteiger partial charge in [0.25, 0.3) is 0 Å². The lowest BCUT2D eigenvalue weighted by atomic mass is 10.0. The maximum Gasteiger partial charge on any atom is 0.237 e. The van der Waals surface area contributed by atoms with Gasteiger partial charge in [0.2, 0.25) is 5.91 Å². The molecular formula is C18H25FN2O3. The van der Waals surface area contributed by atoms with Crippen molar-refractivity contribution in [3.8, 4) is 5.75 Å². The van der Waals surface area contributed by atoms with Gasteiger partial charge in [-0.15, -0.1) is 0 Å². The van der Waals surface area contributed by atoms with E-state index in [9.17, 15) is 9.18 Å². The fraction of sp³-hybridized carbons (Fsp3) is 0.611. The van der Waals surface area contributed by atoms with Crippen LogP contribution in [0.4, 0.5) is 4.39 Å². The van der Waals surface area contributed by atoms with Crippen LogP contribution in [0.5, 0.6) is 5.75 Å².